The average Bonchev–Trinajstić information content (AvgIpc) is 2.67. The summed E-state index contributed by atoms with van der Waals surface area (Å²) in [7, 11) is 1.33. The molecule has 1 heterocycles. The van der Waals surface area contributed by atoms with E-state index in [9.17, 15) is 14.7 Å². The SMILES string of the molecule is COC(=O)NCCc1ccc(OCC(O)CN2CCN(C(N)=O)CC2)c(C)c1. The van der Waals surface area contributed by atoms with E-state index in [1.54, 1.807) is 4.90 Å². The third kappa shape index (κ3) is 6.90. The second kappa shape index (κ2) is 10.7. The lowest BCUT2D eigenvalue weighted by Gasteiger charge is -2.34. The number of nitrogens with zero attached hydrogens (tertiary/aromatic N) is 2. The molecule has 156 valence electrons. The van der Waals surface area contributed by atoms with Gasteiger partial charge >= 0.3 is 12.1 Å². The van der Waals surface area contributed by atoms with Crippen molar-refractivity contribution in [2.45, 2.75) is 19.4 Å². The number of methoxy groups -OCH3 is 1. The number of carbonyl (C=O) groups excluding carboxylic acids is 2. The van der Waals surface area contributed by atoms with Gasteiger partial charge in [0.1, 0.15) is 18.5 Å². The zero-order valence-corrected chi connectivity index (χ0v) is 16.5. The van der Waals surface area contributed by atoms with Crippen LogP contribution in [0.15, 0.2) is 18.2 Å². The summed E-state index contributed by atoms with van der Waals surface area (Å²) in [4.78, 5) is 25.9. The molecule has 0 saturated carbocycles. The molecule has 1 aliphatic rings. The Hall–Kier alpha value is -2.52. The first-order valence-electron chi connectivity index (χ1n) is 9.38. The smallest absolute Gasteiger partial charge is 0.406 e. The lowest BCUT2D eigenvalue weighted by molar-refractivity contribution is 0.0521. The normalized spacial score (nSPS) is 15.8. The zero-order valence-electron chi connectivity index (χ0n) is 16.5. The van der Waals surface area contributed by atoms with Gasteiger partial charge in [-0.05, 0) is 30.5 Å². The van der Waals surface area contributed by atoms with Crippen molar-refractivity contribution in [3.8, 4) is 5.75 Å². The number of benzene rings is 1. The molecule has 9 nitrogen and oxygen atoms in total. The quantitative estimate of drug-likeness (QED) is 0.585. The van der Waals surface area contributed by atoms with Crippen LogP contribution in [0.3, 0.4) is 0 Å². The molecule has 0 spiro atoms. The Morgan fingerprint density at radius 3 is 2.61 bits per heavy atom. The molecule has 1 atom stereocenters. The van der Waals surface area contributed by atoms with Crippen molar-refractivity contribution < 1.29 is 24.2 Å². The Balaban J connectivity index is 1.73. The Morgan fingerprint density at radius 2 is 2.00 bits per heavy atom. The van der Waals surface area contributed by atoms with Gasteiger partial charge in [-0.2, -0.15) is 0 Å². The van der Waals surface area contributed by atoms with Crippen LogP contribution in [0.1, 0.15) is 11.1 Å². The van der Waals surface area contributed by atoms with E-state index in [1.807, 2.05) is 25.1 Å². The van der Waals surface area contributed by atoms with Crippen molar-refractivity contribution in [1.82, 2.24) is 15.1 Å². The Bertz CT molecular complexity index is 662. The highest BCUT2D eigenvalue weighted by molar-refractivity contribution is 5.72. The van der Waals surface area contributed by atoms with E-state index in [0.717, 1.165) is 16.9 Å². The van der Waals surface area contributed by atoms with Gasteiger partial charge in [-0.25, -0.2) is 9.59 Å². The molecule has 4 N–H and O–H groups in total. The summed E-state index contributed by atoms with van der Waals surface area (Å²) in [5.41, 5.74) is 7.32. The second-order valence-electron chi connectivity index (χ2n) is 6.86. The van der Waals surface area contributed by atoms with Gasteiger partial charge in [0.2, 0.25) is 0 Å². The van der Waals surface area contributed by atoms with Crippen LogP contribution in [-0.2, 0) is 11.2 Å². The predicted octanol–water partition coefficient (Wildman–Crippen LogP) is 0.330. The monoisotopic (exact) mass is 394 g/mol. The number of β-amino-alcohol motifs (C(OH)–C–C–N with tert-alkyl or cyclic N) is 1. The molecular weight excluding hydrogens is 364 g/mol. The lowest BCUT2D eigenvalue weighted by atomic mass is 10.1. The van der Waals surface area contributed by atoms with Gasteiger partial charge in [-0.1, -0.05) is 12.1 Å². The van der Waals surface area contributed by atoms with E-state index in [1.165, 1.54) is 7.11 Å². The number of piperazine rings is 1. The number of aliphatic hydroxyl groups excluding tert-OH is 1. The predicted molar refractivity (Wildman–Crippen MR) is 104 cm³/mol. The first-order chi connectivity index (χ1) is 13.4. The highest BCUT2D eigenvalue weighted by atomic mass is 16.5. The number of primary amides is 1. The molecule has 1 aromatic carbocycles. The van der Waals surface area contributed by atoms with E-state index in [4.69, 9.17) is 10.5 Å². The van der Waals surface area contributed by atoms with Crippen molar-refractivity contribution in [3.63, 3.8) is 0 Å². The number of urea groups is 1. The Morgan fingerprint density at radius 1 is 1.29 bits per heavy atom. The minimum Gasteiger partial charge on any atom is -0.491 e. The van der Waals surface area contributed by atoms with E-state index >= 15 is 0 Å². The first-order valence-corrected chi connectivity index (χ1v) is 9.38. The van der Waals surface area contributed by atoms with Crippen molar-refractivity contribution in [3.05, 3.63) is 29.3 Å². The number of rotatable bonds is 8. The van der Waals surface area contributed by atoms with E-state index in [-0.39, 0.29) is 6.61 Å². The summed E-state index contributed by atoms with van der Waals surface area (Å²) in [5, 5.41) is 12.9. The third-order valence-electron chi connectivity index (χ3n) is 4.69. The maximum Gasteiger partial charge on any atom is 0.406 e. The minimum atomic E-state index is -0.622. The van der Waals surface area contributed by atoms with Gasteiger partial charge in [-0.3, -0.25) is 4.90 Å². The van der Waals surface area contributed by atoms with Crippen LogP contribution in [0.25, 0.3) is 0 Å². The number of amides is 3. The number of hydrogen-bond acceptors (Lipinski definition) is 6. The Kier molecular flexibility index (Phi) is 8.34. The van der Waals surface area contributed by atoms with Gasteiger partial charge in [0, 0.05) is 39.3 Å². The number of aliphatic hydroxyl groups is 1. The van der Waals surface area contributed by atoms with Crippen molar-refractivity contribution in [2.75, 3.05) is 53.0 Å². The van der Waals surface area contributed by atoms with Gasteiger partial charge in [0.05, 0.1) is 7.11 Å². The van der Waals surface area contributed by atoms with Crippen LogP contribution >= 0.6 is 0 Å². The molecule has 3 amide bonds. The fraction of sp³-hybridized carbons (Fsp3) is 0.579. The molecule has 1 saturated heterocycles. The van der Waals surface area contributed by atoms with Gasteiger partial charge < -0.3 is 30.5 Å². The van der Waals surface area contributed by atoms with E-state index in [2.05, 4.69) is 15.0 Å². The molecule has 9 heteroatoms. The number of nitrogens with two attached hydrogens (primary N) is 1. The molecule has 0 radical (unpaired) electrons. The summed E-state index contributed by atoms with van der Waals surface area (Å²) < 4.78 is 10.3. The molecular formula is C19H30N4O5. The van der Waals surface area contributed by atoms with Gasteiger partial charge in [-0.15, -0.1) is 0 Å². The van der Waals surface area contributed by atoms with Crippen LogP contribution < -0.4 is 15.8 Å². The molecule has 2 rings (SSSR count). The first kappa shape index (κ1) is 21.8. The van der Waals surface area contributed by atoms with E-state index in [0.29, 0.717) is 45.7 Å². The zero-order chi connectivity index (χ0) is 20.5. The maximum atomic E-state index is 11.1. The van der Waals surface area contributed by atoms with Crippen molar-refractivity contribution in [1.29, 1.82) is 0 Å². The maximum absolute atomic E-state index is 11.1. The van der Waals surface area contributed by atoms with Crippen LogP contribution in [0.5, 0.6) is 5.75 Å². The number of aryl methyl sites for hydroxylation is 1. The largest absolute Gasteiger partial charge is 0.491 e. The number of nitrogens with one attached hydrogen (secondary N) is 1. The van der Waals surface area contributed by atoms with Crippen molar-refractivity contribution >= 4 is 12.1 Å². The van der Waals surface area contributed by atoms with Crippen LogP contribution in [0.2, 0.25) is 0 Å². The standard InChI is InChI=1S/C19H30N4O5/c1-14-11-15(5-6-21-19(26)27-2)3-4-17(14)28-13-16(24)12-22-7-9-23(10-8-22)18(20)25/h3-4,11,16,24H,5-10,12-13H2,1-2H3,(H2,20,25)(H,21,26). The van der Waals surface area contributed by atoms with E-state index < -0.39 is 18.2 Å². The molecule has 0 aromatic heterocycles. The van der Waals surface area contributed by atoms with Gasteiger partial charge in [0.15, 0.2) is 0 Å². The summed E-state index contributed by atoms with van der Waals surface area (Å²) in [6.45, 7) is 5.66. The molecule has 0 aliphatic carbocycles. The van der Waals surface area contributed by atoms with Crippen LogP contribution in [-0.4, -0.2) is 86.1 Å². The Labute approximate surface area is 165 Å². The van der Waals surface area contributed by atoms with Crippen molar-refractivity contribution in [2.24, 2.45) is 5.73 Å². The minimum absolute atomic E-state index is 0.195. The summed E-state index contributed by atoms with van der Waals surface area (Å²) in [6.07, 6.45) is -0.374. The topological polar surface area (TPSA) is 117 Å². The number of carbonyl (C=O) groups is 2. The number of ether oxygens (including phenoxy) is 2. The average molecular weight is 394 g/mol. The lowest BCUT2D eigenvalue weighted by Crippen LogP contribution is -2.52. The fourth-order valence-electron chi connectivity index (χ4n) is 3.10. The molecule has 0 bridgehead atoms. The molecule has 1 fully saturated rings. The highest BCUT2D eigenvalue weighted by Gasteiger charge is 2.21. The fourth-order valence-corrected chi connectivity index (χ4v) is 3.10. The molecule has 1 aliphatic heterocycles. The van der Waals surface area contributed by atoms with Crippen LogP contribution in [0.4, 0.5) is 9.59 Å². The molecule has 28 heavy (non-hydrogen) atoms. The van der Waals surface area contributed by atoms with Gasteiger partial charge in [0.25, 0.3) is 0 Å². The number of hydrogen-bond donors (Lipinski definition) is 3. The summed E-state index contributed by atoms with van der Waals surface area (Å²) in [5.74, 6) is 0.724. The summed E-state index contributed by atoms with van der Waals surface area (Å²) in [6, 6.07) is 5.42. The van der Waals surface area contributed by atoms with Crippen LogP contribution in [0, 0.1) is 6.92 Å². The molecule has 1 unspecified atom stereocenters. The summed E-state index contributed by atoms with van der Waals surface area (Å²) >= 11 is 0. The third-order valence-corrected chi connectivity index (χ3v) is 4.69. The number of alkyl carbamates (subject to hydrolysis) is 1. The highest BCUT2D eigenvalue weighted by Crippen LogP contribution is 2.19. The second-order valence-corrected chi connectivity index (χ2v) is 6.86. The molecule has 1 aromatic rings.